The fraction of sp³-hybridized carbons (Fsp3) is 0.176. The highest BCUT2D eigenvalue weighted by molar-refractivity contribution is 5.94. The van der Waals surface area contributed by atoms with E-state index in [-0.39, 0.29) is 17.2 Å². The molecule has 7 heteroatoms. The van der Waals surface area contributed by atoms with Gasteiger partial charge in [-0.2, -0.15) is 5.26 Å². The lowest BCUT2D eigenvalue weighted by Gasteiger charge is -2.17. The Labute approximate surface area is 137 Å². The van der Waals surface area contributed by atoms with Crippen molar-refractivity contribution in [1.29, 1.82) is 5.26 Å². The Bertz CT molecular complexity index is 803. The van der Waals surface area contributed by atoms with Gasteiger partial charge in [0.15, 0.2) is 17.6 Å². The molecule has 0 radical (unpaired) electrons. The van der Waals surface area contributed by atoms with Crippen molar-refractivity contribution in [2.24, 2.45) is 0 Å². The average Bonchev–Trinajstić information content (AvgIpc) is 2.58. The van der Waals surface area contributed by atoms with Gasteiger partial charge in [-0.3, -0.25) is 4.79 Å². The molecule has 0 unspecified atom stereocenters. The van der Waals surface area contributed by atoms with E-state index in [2.05, 4.69) is 5.32 Å². The van der Waals surface area contributed by atoms with Crippen LogP contribution >= 0.6 is 0 Å². The van der Waals surface area contributed by atoms with Crippen molar-refractivity contribution in [3.8, 4) is 17.6 Å². The standard InChI is InChI=1S/C17H14F2N2O3/c1-10(17(22)21-14-8-12(18)4-5-13(14)19)24-15-6-3-11(9-20)7-16(15)23-2/h3-8,10H,1-2H3,(H,21,22)/t10-/m0/s1. The highest BCUT2D eigenvalue weighted by Crippen LogP contribution is 2.29. The number of carbonyl (C=O) groups is 1. The van der Waals surface area contributed by atoms with Crippen molar-refractivity contribution >= 4 is 11.6 Å². The van der Waals surface area contributed by atoms with Crippen LogP contribution in [0.3, 0.4) is 0 Å². The third kappa shape index (κ3) is 3.98. The van der Waals surface area contributed by atoms with Gasteiger partial charge in [-0.25, -0.2) is 8.78 Å². The summed E-state index contributed by atoms with van der Waals surface area (Å²) in [7, 11) is 1.40. The third-order valence-electron chi connectivity index (χ3n) is 3.15. The second-order valence-corrected chi connectivity index (χ2v) is 4.85. The van der Waals surface area contributed by atoms with Gasteiger partial charge in [-0.05, 0) is 31.2 Å². The quantitative estimate of drug-likeness (QED) is 0.912. The molecule has 0 aliphatic heterocycles. The van der Waals surface area contributed by atoms with Crippen LogP contribution in [-0.2, 0) is 4.79 Å². The van der Waals surface area contributed by atoms with Crippen LogP contribution in [0.1, 0.15) is 12.5 Å². The number of nitriles is 1. The molecule has 0 aliphatic carbocycles. The summed E-state index contributed by atoms with van der Waals surface area (Å²) < 4.78 is 37.3. The molecule has 124 valence electrons. The molecule has 2 aromatic carbocycles. The maximum absolute atomic E-state index is 13.5. The first-order valence-electron chi connectivity index (χ1n) is 6.95. The van der Waals surface area contributed by atoms with Gasteiger partial charge in [0, 0.05) is 12.1 Å². The molecule has 5 nitrogen and oxygen atoms in total. The molecular weight excluding hydrogens is 318 g/mol. The monoisotopic (exact) mass is 332 g/mol. The van der Waals surface area contributed by atoms with E-state index in [4.69, 9.17) is 14.7 Å². The van der Waals surface area contributed by atoms with Crippen molar-refractivity contribution in [3.63, 3.8) is 0 Å². The van der Waals surface area contributed by atoms with Gasteiger partial charge >= 0.3 is 0 Å². The summed E-state index contributed by atoms with van der Waals surface area (Å²) in [6, 6.07) is 9.17. The molecule has 2 aromatic rings. The molecule has 0 fully saturated rings. The zero-order valence-corrected chi connectivity index (χ0v) is 13.0. The Kier molecular flexibility index (Phi) is 5.32. The highest BCUT2D eigenvalue weighted by atomic mass is 19.1. The second kappa shape index (κ2) is 7.42. The van der Waals surface area contributed by atoms with Gasteiger partial charge in [0.1, 0.15) is 11.6 Å². The first-order chi connectivity index (χ1) is 11.4. The summed E-state index contributed by atoms with van der Waals surface area (Å²) in [5.41, 5.74) is 0.0976. The number of nitrogens with zero attached hydrogens (tertiary/aromatic N) is 1. The largest absolute Gasteiger partial charge is 0.493 e. The van der Waals surface area contributed by atoms with E-state index in [1.165, 1.54) is 32.2 Å². The molecule has 0 saturated carbocycles. The van der Waals surface area contributed by atoms with E-state index in [1.54, 1.807) is 0 Å². The minimum absolute atomic E-state index is 0.249. The maximum atomic E-state index is 13.5. The number of hydrogen-bond acceptors (Lipinski definition) is 4. The molecular formula is C17H14F2N2O3. The lowest BCUT2D eigenvalue weighted by atomic mass is 10.2. The molecule has 1 atom stereocenters. The molecule has 0 saturated heterocycles. The third-order valence-corrected chi connectivity index (χ3v) is 3.15. The summed E-state index contributed by atoms with van der Waals surface area (Å²) in [5, 5.41) is 11.1. The number of hydrogen-bond donors (Lipinski definition) is 1. The van der Waals surface area contributed by atoms with E-state index in [0.29, 0.717) is 5.56 Å². The summed E-state index contributed by atoms with van der Waals surface area (Å²) >= 11 is 0. The van der Waals surface area contributed by atoms with Gasteiger partial charge in [-0.15, -0.1) is 0 Å². The molecule has 24 heavy (non-hydrogen) atoms. The number of carbonyl (C=O) groups excluding carboxylic acids is 1. The molecule has 0 heterocycles. The number of ether oxygens (including phenoxy) is 2. The van der Waals surface area contributed by atoms with Gasteiger partial charge in [0.2, 0.25) is 0 Å². The van der Waals surface area contributed by atoms with Crippen molar-refractivity contribution < 1.29 is 23.0 Å². The van der Waals surface area contributed by atoms with E-state index in [9.17, 15) is 13.6 Å². The van der Waals surface area contributed by atoms with E-state index in [0.717, 1.165) is 18.2 Å². The van der Waals surface area contributed by atoms with Crippen LogP contribution in [0.2, 0.25) is 0 Å². The SMILES string of the molecule is COc1cc(C#N)ccc1O[C@@H](C)C(=O)Nc1cc(F)ccc1F. The number of nitrogens with one attached hydrogen (secondary N) is 1. The number of anilines is 1. The smallest absolute Gasteiger partial charge is 0.265 e. The first-order valence-corrected chi connectivity index (χ1v) is 6.95. The molecule has 0 aliphatic rings. The molecule has 1 amide bonds. The minimum atomic E-state index is -1.01. The topological polar surface area (TPSA) is 71.3 Å². The van der Waals surface area contributed by atoms with Gasteiger partial charge in [-0.1, -0.05) is 0 Å². The second-order valence-electron chi connectivity index (χ2n) is 4.85. The molecule has 0 aromatic heterocycles. The predicted molar refractivity (Wildman–Crippen MR) is 82.8 cm³/mol. The highest BCUT2D eigenvalue weighted by Gasteiger charge is 2.19. The Hall–Kier alpha value is -3.14. The predicted octanol–water partition coefficient (Wildman–Crippen LogP) is 3.25. The number of amides is 1. The lowest BCUT2D eigenvalue weighted by molar-refractivity contribution is -0.122. The van der Waals surface area contributed by atoms with Crippen LogP contribution in [0, 0.1) is 23.0 Å². The Morgan fingerprint density at radius 3 is 2.62 bits per heavy atom. The molecule has 0 spiro atoms. The first kappa shape index (κ1) is 17.2. The Morgan fingerprint density at radius 1 is 1.21 bits per heavy atom. The number of benzene rings is 2. The summed E-state index contributed by atoms with van der Waals surface area (Å²) in [6.07, 6.45) is -1.01. The number of halogens is 2. The minimum Gasteiger partial charge on any atom is -0.493 e. The van der Waals surface area contributed by atoms with Crippen molar-refractivity contribution in [3.05, 3.63) is 53.6 Å². The summed E-state index contributed by atoms with van der Waals surface area (Å²) in [5.74, 6) is -1.56. The van der Waals surface area contributed by atoms with Gasteiger partial charge in [0.25, 0.3) is 5.91 Å². The van der Waals surface area contributed by atoms with Crippen LogP contribution in [0.4, 0.5) is 14.5 Å². The van der Waals surface area contributed by atoms with Crippen LogP contribution in [0.15, 0.2) is 36.4 Å². The van der Waals surface area contributed by atoms with E-state index >= 15 is 0 Å². The maximum Gasteiger partial charge on any atom is 0.265 e. The van der Waals surface area contributed by atoms with E-state index < -0.39 is 23.6 Å². The fourth-order valence-corrected chi connectivity index (χ4v) is 1.91. The zero-order valence-electron chi connectivity index (χ0n) is 13.0. The molecule has 2 rings (SSSR count). The molecule has 1 N–H and O–H groups in total. The van der Waals surface area contributed by atoms with E-state index in [1.807, 2.05) is 6.07 Å². The average molecular weight is 332 g/mol. The summed E-state index contributed by atoms with van der Waals surface area (Å²) in [6.45, 7) is 1.45. The van der Waals surface area contributed by atoms with Crippen LogP contribution < -0.4 is 14.8 Å². The zero-order chi connectivity index (χ0) is 17.7. The van der Waals surface area contributed by atoms with Crippen LogP contribution in [0.5, 0.6) is 11.5 Å². The van der Waals surface area contributed by atoms with Crippen molar-refractivity contribution in [2.75, 3.05) is 12.4 Å². The lowest BCUT2D eigenvalue weighted by Crippen LogP contribution is -2.30. The van der Waals surface area contributed by atoms with Crippen LogP contribution in [-0.4, -0.2) is 19.1 Å². The van der Waals surface area contributed by atoms with Gasteiger partial charge < -0.3 is 14.8 Å². The number of methoxy groups -OCH3 is 1. The van der Waals surface area contributed by atoms with Crippen LogP contribution in [0.25, 0.3) is 0 Å². The van der Waals surface area contributed by atoms with Crippen molar-refractivity contribution in [2.45, 2.75) is 13.0 Å². The number of rotatable bonds is 5. The molecule has 0 bridgehead atoms. The Balaban J connectivity index is 2.12. The summed E-state index contributed by atoms with van der Waals surface area (Å²) in [4.78, 5) is 12.1. The normalized spacial score (nSPS) is 11.3. The Morgan fingerprint density at radius 2 is 1.96 bits per heavy atom. The van der Waals surface area contributed by atoms with Gasteiger partial charge in [0.05, 0.1) is 24.4 Å². The fourth-order valence-electron chi connectivity index (χ4n) is 1.91. The van der Waals surface area contributed by atoms with Crippen molar-refractivity contribution in [1.82, 2.24) is 0 Å².